The number of nitrogens with zero attached hydrogens (tertiary/aromatic N) is 1. The molecule has 0 bridgehead atoms. The number of piperidine rings is 1. The number of carboxylic acid groups (broad SMARTS) is 1. The lowest BCUT2D eigenvalue weighted by Gasteiger charge is -2.37. The average Bonchev–Trinajstić information content (AvgIpc) is 2.11. The summed E-state index contributed by atoms with van der Waals surface area (Å²) in [5.74, 6) is -0.248. The summed E-state index contributed by atoms with van der Waals surface area (Å²) in [4.78, 5) is 12.8. The molecule has 4 heteroatoms. The molecule has 1 rings (SSSR count). The van der Waals surface area contributed by atoms with Crippen molar-refractivity contribution < 1.29 is 9.90 Å². The fraction of sp³-hybridized carbons (Fsp3) is 0.900. The van der Waals surface area contributed by atoms with Crippen molar-refractivity contribution >= 4 is 5.97 Å². The van der Waals surface area contributed by atoms with Crippen molar-refractivity contribution in [3.05, 3.63) is 0 Å². The van der Waals surface area contributed by atoms with E-state index in [0.29, 0.717) is 18.5 Å². The Morgan fingerprint density at radius 1 is 1.57 bits per heavy atom. The molecule has 3 atom stereocenters. The zero-order valence-corrected chi connectivity index (χ0v) is 8.94. The van der Waals surface area contributed by atoms with Crippen LogP contribution in [0.25, 0.3) is 0 Å². The lowest BCUT2D eigenvalue weighted by Crippen LogP contribution is -2.49. The summed E-state index contributed by atoms with van der Waals surface area (Å²) in [7, 11) is 0. The SMILES string of the molecule is CC1CCC(C)N(CC(N)C(=O)O)C1. The number of carbonyl (C=O) groups is 1. The van der Waals surface area contributed by atoms with Crippen LogP contribution >= 0.6 is 0 Å². The monoisotopic (exact) mass is 200 g/mol. The largest absolute Gasteiger partial charge is 0.480 e. The van der Waals surface area contributed by atoms with Crippen LogP contribution in [-0.4, -0.2) is 41.1 Å². The highest BCUT2D eigenvalue weighted by atomic mass is 16.4. The van der Waals surface area contributed by atoms with Gasteiger partial charge in [0.25, 0.3) is 0 Å². The van der Waals surface area contributed by atoms with Crippen LogP contribution in [0.15, 0.2) is 0 Å². The van der Waals surface area contributed by atoms with Gasteiger partial charge in [-0.25, -0.2) is 0 Å². The van der Waals surface area contributed by atoms with E-state index in [1.165, 1.54) is 6.42 Å². The molecule has 1 heterocycles. The van der Waals surface area contributed by atoms with E-state index < -0.39 is 12.0 Å². The summed E-state index contributed by atoms with van der Waals surface area (Å²) in [5.41, 5.74) is 5.51. The van der Waals surface area contributed by atoms with Gasteiger partial charge >= 0.3 is 5.97 Å². The minimum atomic E-state index is -0.907. The predicted octanol–water partition coefficient (Wildman–Crippen LogP) is 0.519. The van der Waals surface area contributed by atoms with Gasteiger partial charge in [-0.15, -0.1) is 0 Å². The second-order valence-corrected chi connectivity index (χ2v) is 4.43. The summed E-state index contributed by atoms with van der Waals surface area (Å²) in [6, 6.07) is -0.278. The molecule has 0 aromatic rings. The molecule has 0 radical (unpaired) electrons. The van der Waals surface area contributed by atoms with Gasteiger partial charge in [-0.3, -0.25) is 9.69 Å². The number of carboxylic acids is 1. The maximum atomic E-state index is 10.6. The number of hydrogen-bond donors (Lipinski definition) is 2. The zero-order valence-electron chi connectivity index (χ0n) is 8.94. The van der Waals surface area contributed by atoms with Crippen molar-refractivity contribution in [2.45, 2.75) is 38.8 Å². The minimum Gasteiger partial charge on any atom is -0.480 e. The molecule has 3 unspecified atom stereocenters. The van der Waals surface area contributed by atoms with E-state index in [1.807, 2.05) is 0 Å². The summed E-state index contributed by atoms with van der Waals surface area (Å²) < 4.78 is 0. The standard InChI is InChI=1S/C10H20N2O2/c1-7-3-4-8(2)12(5-7)6-9(11)10(13)14/h7-9H,3-6,11H2,1-2H3,(H,13,14). The predicted molar refractivity (Wildman–Crippen MR) is 55.0 cm³/mol. The summed E-state index contributed by atoms with van der Waals surface area (Å²) in [6.45, 7) is 5.79. The van der Waals surface area contributed by atoms with Gasteiger partial charge in [-0.1, -0.05) is 6.92 Å². The highest BCUT2D eigenvalue weighted by Gasteiger charge is 2.25. The van der Waals surface area contributed by atoms with E-state index in [0.717, 1.165) is 13.0 Å². The van der Waals surface area contributed by atoms with Crippen molar-refractivity contribution in [3.63, 3.8) is 0 Å². The molecule has 0 amide bonds. The highest BCUT2D eigenvalue weighted by Crippen LogP contribution is 2.20. The van der Waals surface area contributed by atoms with Crippen molar-refractivity contribution in [2.24, 2.45) is 11.7 Å². The lowest BCUT2D eigenvalue weighted by atomic mass is 9.94. The number of likely N-dealkylation sites (tertiary alicyclic amines) is 1. The first kappa shape index (κ1) is 11.5. The number of rotatable bonds is 3. The smallest absolute Gasteiger partial charge is 0.321 e. The molecule has 3 N–H and O–H groups in total. The molecule has 1 saturated heterocycles. The highest BCUT2D eigenvalue weighted by molar-refractivity contribution is 5.73. The van der Waals surface area contributed by atoms with Crippen molar-refractivity contribution in [1.29, 1.82) is 0 Å². The van der Waals surface area contributed by atoms with Crippen LogP contribution in [0.1, 0.15) is 26.7 Å². The number of nitrogens with two attached hydrogens (primary N) is 1. The normalized spacial score (nSPS) is 31.4. The fourth-order valence-corrected chi connectivity index (χ4v) is 1.97. The first-order valence-corrected chi connectivity index (χ1v) is 5.23. The Hall–Kier alpha value is -0.610. The van der Waals surface area contributed by atoms with Crippen LogP contribution in [0.5, 0.6) is 0 Å². The van der Waals surface area contributed by atoms with E-state index in [9.17, 15) is 4.79 Å². The van der Waals surface area contributed by atoms with Crippen molar-refractivity contribution in [1.82, 2.24) is 4.90 Å². The van der Waals surface area contributed by atoms with Crippen molar-refractivity contribution in [3.8, 4) is 0 Å². The van der Waals surface area contributed by atoms with Crippen molar-refractivity contribution in [2.75, 3.05) is 13.1 Å². The quantitative estimate of drug-likeness (QED) is 0.697. The Kier molecular flexibility index (Phi) is 3.89. The summed E-state index contributed by atoms with van der Waals surface area (Å²) in [5, 5.41) is 8.71. The maximum absolute atomic E-state index is 10.6. The van der Waals surface area contributed by atoms with E-state index in [-0.39, 0.29) is 0 Å². The molecule has 1 aliphatic rings. The second kappa shape index (κ2) is 4.75. The van der Waals surface area contributed by atoms with E-state index in [4.69, 9.17) is 10.8 Å². The molecule has 14 heavy (non-hydrogen) atoms. The zero-order chi connectivity index (χ0) is 10.7. The Morgan fingerprint density at radius 2 is 2.21 bits per heavy atom. The van der Waals surface area contributed by atoms with Crippen LogP contribution in [0.3, 0.4) is 0 Å². The summed E-state index contributed by atoms with van der Waals surface area (Å²) >= 11 is 0. The lowest BCUT2D eigenvalue weighted by molar-refractivity contribution is -0.139. The van der Waals surface area contributed by atoms with Crippen LogP contribution in [0.2, 0.25) is 0 Å². The number of hydrogen-bond acceptors (Lipinski definition) is 3. The first-order chi connectivity index (χ1) is 6.50. The molecule has 0 saturated carbocycles. The van der Waals surface area contributed by atoms with E-state index >= 15 is 0 Å². The molecule has 0 aliphatic carbocycles. The van der Waals surface area contributed by atoms with Gasteiger partial charge < -0.3 is 10.8 Å². The average molecular weight is 200 g/mol. The Bertz CT molecular complexity index is 208. The van der Waals surface area contributed by atoms with Gasteiger partial charge in [-0.2, -0.15) is 0 Å². The molecule has 1 aliphatic heterocycles. The minimum absolute atomic E-state index is 0.469. The van der Waals surface area contributed by atoms with Crippen LogP contribution < -0.4 is 5.73 Å². The second-order valence-electron chi connectivity index (χ2n) is 4.43. The van der Waals surface area contributed by atoms with Gasteiger partial charge in [0, 0.05) is 19.1 Å². The Morgan fingerprint density at radius 3 is 2.79 bits per heavy atom. The third kappa shape index (κ3) is 2.96. The van der Waals surface area contributed by atoms with E-state index in [1.54, 1.807) is 0 Å². The third-order valence-corrected chi connectivity index (χ3v) is 3.00. The van der Waals surface area contributed by atoms with Gasteiger partial charge in [0.2, 0.25) is 0 Å². The first-order valence-electron chi connectivity index (χ1n) is 5.23. The van der Waals surface area contributed by atoms with Gasteiger partial charge in [0.15, 0.2) is 0 Å². The van der Waals surface area contributed by atoms with Gasteiger partial charge in [0.05, 0.1) is 0 Å². The van der Waals surface area contributed by atoms with Crippen LogP contribution in [-0.2, 0) is 4.79 Å². The molecule has 82 valence electrons. The van der Waals surface area contributed by atoms with Gasteiger partial charge in [-0.05, 0) is 25.7 Å². The molecule has 1 fully saturated rings. The third-order valence-electron chi connectivity index (χ3n) is 3.00. The topological polar surface area (TPSA) is 66.6 Å². The van der Waals surface area contributed by atoms with Crippen LogP contribution in [0.4, 0.5) is 0 Å². The Labute approximate surface area is 85.1 Å². The molecule has 4 nitrogen and oxygen atoms in total. The molecule has 0 spiro atoms. The summed E-state index contributed by atoms with van der Waals surface area (Å²) in [6.07, 6.45) is 2.38. The number of aliphatic carboxylic acids is 1. The van der Waals surface area contributed by atoms with Crippen LogP contribution in [0, 0.1) is 5.92 Å². The molecule has 0 aromatic heterocycles. The molecular formula is C10H20N2O2. The maximum Gasteiger partial charge on any atom is 0.321 e. The van der Waals surface area contributed by atoms with Gasteiger partial charge in [0.1, 0.15) is 6.04 Å². The molecule has 0 aromatic carbocycles. The Balaban J connectivity index is 2.45. The fourth-order valence-electron chi connectivity index (χ4n) is 1.97. The van der Waals surface area contributed by atoms with E-state index in [2.05, 4.69) is 18.7 Å². The molecular weight excluding hydrogens is 180 g/mol.